The number of carbonyl (C=O) groups excluding carboxylic acids is 1. The van der Waals surface area contributed by atoms with Gasteiger partial charge in [0.1, 0.15) is 10.6 Å². The van der Waals surface area contributed by atoms with Crippen molar-refractivity contribution in [3.05, 3.63) is 11.5 Å². The van der Waals surface area contributed by atoms with E-state index in [1.165, 1.54) is 4.31 Å². The minimum Gasteiger partial charge on any atom is -0.360 e. The van der Waals surface area contributed by atoms with Gasteiger partial charge in [0.05, 0.1) is 0 Å². The van der Waals surface area contributed by atoms with Gasteiger partial charge < -0.3 is 15.2 Å². The van der Waals surface area contributed by atoms with E-state index in [0.717, 1.165) is 6.42 Å². The zero-order valence-corrected chi connectivity index (χ0v) is 14.6. The predicted octanol–water partition coefficient (Wildman–Crippen LogP) is 1.15. The maximum absolute atomic E-state index is 12.7. The number of carbonyl (C=O) groups is 1. The first-order valence-corrected chi connectivity index (χ1v) is 9.27. The number of aromatic nitrogens is 1. The summed E-state index contributed by atoms with van der Waals surface area (Å²) in [4.78, 5) is 11.8. The second-order valence-corrected chi connectivity index (χ2v) is 7.61. The molecule has 1 aromatic heterocycles. The van der Waals surface area contributed by atoms with Crippen LogP contribution >= 0.6 is 0 Å². The number of nitrogens with zero attached hydrogens (tertiary/aromatic N) is 2. The molecule has 2 amide bonds. The maximum Gasteiger partial charge on any atom is 0.315 e. The van der Waals surface area contributed by atoms with Crippen LogP contribution in [0.4, 0.5) is 4.79 Å². The zero-order valence-electron chi connectivity index (χ0n) is 13.8. The van der Waals surface area contributed by atoms with Gasteiger partial charge in [-0.1, -0.05) is 12.1 Å². The molecule has 1 aromatic rings. The highest BCUT2D eigenvalue weighted by atomic mass is 32.2. The number of urea groups is 1. The number of piperidine rings is 1. The van der Waals surface area contributed by atoms with E-state index in [1.54, 1.807) is 13.8 Å². The average molecular weight is 344 g/mol. The highest BCUT2D eigenvalue weighted by molar-refractivity contribution is 7.89. The van der Waals surface area contributed by atoms with E-state index in [2.05, 4.69) is 15.8 Å². The van der Waals surface area contributed by atoms with Crippen LogP contribution in [-0.2, 0) is 10.0 Å². The first-order chi connectivity index (χ1) is 10.9. The van der Waals surface area contributed by atoms with Crippen molar-refractivity contribution in [2.24, 2.45) is 0 Å². The lowest BCUT2D eigenvalue weighted by molar-refractivity contribution is 0.227. The fourth-order valence-corrected chi connectivity index (χ4v) is 4.45. The van der Waals surface area contributed by atoms with E-state index < -0.39 is 10.0 Å². The molecule has 2 N–H and O–H groups in total. The van der Waals surface area contributed by atoms with Gasteiger partial charge in [0, 0.05) is 25.7 Å². The number of nitrogens with one attached hydrogen (secondary N) is 2. The smallest absolute Gasteiger partial charge is 0.315 e. The Morgan fingerprint density at radius 2 is 2.00 bits per heavy atom. The van der Waals surface area contributed by atoms with Gasteiger partial charge in [0.2, 0.25) is 10.0 Å². The summed E-state index contributed by atoms with van der Waals surface area (Å²) >= 11 is 0. The molecule has 1 aliphatic rings. The molecule has 1 aliphatic heterocycles. The molecule has 0 aromatic carbocycles. The molecule has 0 saturated carbocycles. The Balaban J connectivity index is 1.95. The molecule has 130 valence electrons. The summed E-state index contributed by atoms with van der Waals surface area (Å²) in [5.41, 5.74) is 0.377. The third-order valence-electron chi connectivity index (χ3n) is 3.89. The Labute approximate surface area is 136 Å². The van der Waals surface area contributed by atoms with Crippen molar-refractivity contribution in [3.8, 4) is 0 Å². The summed E-state index contributed by atoms with van der Waals surface area (Å²) in [7, 11) is -3.60. The molecule has 2 heterocycles. The molecule has 9 heteroatoms. The van der Waals surface area contributed by atoms with Gasteiger partial charge in [0.15, 0.2) is 5.76 Å². The van der Waals surface area contributed by atoms with Gasteiger partial charge in [-0.3, -0.25) is 0 Å². The lowest BCUT2D eigenvalue weighted by Gasteiger charge is -2.31. The van der Waals surface area contributed by atoms with Crippen LogP contribution < -0.4 is 10.6 Å². The van der Waals surface area contributed by atoms with Crippen molar-refractivity contribution in [1.29, 1.82) is 0 Å². The van der Waals surface area contributed by atoms with E-state index in [4.69, 9.17) is 4.52 Å². The fourth-order valence-electron chi connectivity index (χ4n) is 2.69. The molecule has 8 nitrogen and oxygen atoms in total. The van der Waals surface area contributed by atoms with Crippen molar-refractivity contribution in [2.45, 2.75) is 51.0 Å². The number of rotatable bonds is 5. The molecular weight excluding hydrogens is 320 g/mol. The Bertz CT molecular complexity index is 628. The Hall–Kier alpha value is -1.61. The van der Waals surface area contributed by atoms with Crippen molar-refractivity contribution < 1.29 is 17.7 Å². The Morgan fingerprint density at radius 1 is 1.35 bits per heavy atom. The lowest BCUT2D eigenvalue weighted by atomic mass is 10.1. The number of hydrogen-bond donors (Lipinski definition) is 2. The Kier molecular flexibility index (Phi) is 5.64. The van der Waals surface area contributed by atoms with Gasteiger partial charge in [-0.15, -0.1) is 0 Å². The van der Waals surface area contributed by atoms with Crippen LogP contribution in [0.5, 0.6) is 0 Å². The summed E-state index contributed by atoms with van der Waals surface area (Å²) in [6.07, 6.45) is 2.05. The highest BCUT2D eigenvalue weighted by Gasteiger charge is 2.34. The van der Waals surface area contributed by atoms with Crippen LogP contribution in [-0.4, -0.2) is 49.6 Å². The quantitative estimate of drug-likeness (QED) is 0.834. The van der Waals surface area contributed by atoms with E-state index in [9.17, 15) is 13.2 Å². The standard InChI is InChI=1S/C14H24N4O4S/c1-4-7-15-14(19)16-12-5-8-18(9-6-12)23(20,21)13-10(2)17-22-11(13)3/h12H,4-9H2,1-3H3,(H2,15,16,19). The maximum atomic E-state index is 12.7. The molecule has 0 radical (unpaired) electrons. The largest absolute Gasteiger partial charge is 0.360 e. The van der Waals surface area contributed by atoms with Crippen molar-refractivity contribution in [2.75, 3.05) is 19.6 Å². The predicted molar refractivity (Wildman–Crippen MR) is 84.6 cm³/mol. The normalized spacial score (nSPS) is 17.2. The molecular formula is C14H24N4O4S. The topological polar surface area (TPSA) is 105 Å². The average Bonchev–Trinajstić information content (AvgIpc) is 2.85. The zero-order chi connectivity index (χ0) is 17.0. The van der Waals surface area contributed by atoms with Gasteiger partial charge in [-0.25, -0.2) is 13.2 Å². The van der Waals surface area contributed by atoms with E-state index in [1.807, 2.05) is 6.92 Å². The summed E-state index contributed by atoms with van der Waals surface area (Å²) in [6.45, 7) is 6.56. The first-order valence-electron chi connectivity index (χ1n) is 7.83. The van der Waals surface area contributed by atoms with E-state index in [-0.39, 0.29) is 17.0 Å². The van der Waals surface area contributed by atoms with Crippen molar-refractivity contribution >= 4 is 16.1 Å². The molecule has 0 spiro atoms. The molecule has 0 bridgehead atoms. The summed E-state index contributed by atoms with van der Waals surface area (Å²) in [5.74, 6) is 0.307. The van der Waals surface area contributed by atoms with Gasteiger partial charge >= 0.3 is 6.03 Å². The SMILES string of the molecule is CCCNC(=O)NC1CCN(S(=O)(=O)c2c(C)noc2C)CC1. The van der Waals surface area contributed by atoms with Crippen LogP contribution in [0, 0.1) is 13.8 Å². The lowest BCUT2D eigenvalue weighted by Crippen LogP contribution is -2.49. The van der Waals surface area contributed by atoms with Crippen LogP contribution in [0.15, 0.2) is 9.42 Å². The third kappa shape index (κ3) is 4.03. The van der Waals surface area contributed by atoms with E-state index >= 15 is 0 Å². The van der Waals surface area contributed by atoms with Crippen molar-refractivity contribution in [3.63, 3.8) is 0 Å². The summed E-state index contributed by atoms with van der Waals surface area (Å²) in [6, 6.07) is -0.207. The first kappa shape index (κ1) is 17.7. The van der Waals surface area contributed by atoms with E-state index in [0.29, 0.717) is 43.9 Å². The highest BCUT2D eigenvalue weighted by Crippen LogP contribution is 2.25. The van der Waals surface area contributed by atoms with Gasteiger partial charge in [-0.05, 0) is 33.1 Å². The Morgan fingerprint density at radius 3 is 2.52 bits per heavy atom. The van der Waals surface area contributed by atoms with Crippen LogP contribution in [0.1, 0.15) is 37.6 Å². The van der Waals surface area contributed by atoms with Gasteiger partial charge in [0.25, 0.3) is 0 Å². The number of aryl methyl sites for hydroxylation is 2. The molecule has 0 aliphatic carbocycles. The van der Waals surface area contributed by atoms with Crippen LogP contribution in [0.2, 0.25) is 0 Å². The van der Waals surface area contributed by atoms with Crippen LogP contribution in [0.25, 0.3) is 0 Å². The molecule has 23 heavy (non-hydrogen) atoms. The number of sulfonamides is 1. The van der Waals surface area contributed by atoms with Gasteiger partial charge in [-0.2, -0.15) is 4.31 Å². The minimum atomic E-state index is -3.60. The molecule has 2 rings (SSSR count). The second-order valence-electron chi connectivity index (χ2n) is 5.73. The fraction of sp³-hybridized carbons (Fsp3) is 0.714. The summed E-state index contributed by atoms with van der Waals surface area (Å²) < 4.78 is 31.8. The molecule has 0 unspecified atom stereocenters. The molecule has 1 saturated heterocycles. The third-order valence-corrected chi connectivity index (χ3v) is 6.03. The molecule has 1 fully saturated rings. The molecule has 0 atom stereocenters. The minimum absolute atomic E-state index is 0.0111. The van der Waals surface area contributed by atoms with Crippen LogP contribution in [0.3, 0.4) is 0 Å². The summed E-state index contributed by atoms with van der Waals surface area (Å²) in [5, 5.41) is 9.35. The number of hydrogen-bond acceptors (Lipinski definition) is 5. The monoisotopic (exact) mass is 344 g/mol. The second kappa shape index (κ2) is 7.31. The number of amides is 2. The van der Waals surface area contributed by atoms with Crippen molar-refractivity contribution in [1.82, 2.24) is 20.1 Å².